The number of hydrogen-bond acceptors (Lipinski definition) is 6. The molecule has 2 unspecified atom stereocenters. The molecule has 9 heteroatoms. The van der Waals surface area contributed by atoms with Gasteiger partial charge in [-0.15, -0.1) is 6.58 Å². The number of ether oxygens (including phenoxy) is 2. The van der Waals surface area contributed by atoms with E-state index >= 15 is 0 Å². The molecule has 6 rings (SSSR count). The molecule has 1 N–H and O–H groups in total. The fourth-order valence-electron chi connectivity index (χ4n) is 7.95. The van der Waals surface area contributed by atoms with Crippen molar-refractivity contribution in [2.45, 2.75) is 68.2 Å². The van der Waals surface area contributed by atoms with Crippen molar-refractivity contribution < 1.29 is 24.2 Å². The van der Waals surface area contributed by atoms with Crippen LogP contribution < -0.4 is 4.74 Å². The van der Waals surface area contributed by atoms with Crippen LogP contribution in [0, 0.1) is 0 Å². The summed E-state index contributed by atoms with van der Waals surface area (Å²) in [5.41, 5.74) is 1.27. The summed E-state index contributed by atoms with van der Waals surface area (Å²) >= 11 is 12.3. The van der Waals surface area contributed by atoms with Crippen LogP contribution in [0.15, 0.2) is 43.0 Å². The number of phenols is 1. The number of likely N-dealkylation sites (tertiary alicyclic amines) is 1. The summed E-state index contributed by atoms with van der Waals surface area (Å²) in [7, 11) is 1.81. The van der Waals surface area contributed by atoms with Gasteiger partial charge in [-0.25, -0.2) is 0 Å². The molecule has 0 radical (unpaired) electrons. The third kappa shape index (κ3) is 3.73. The highest BCUT2D eigenvalue weighted by atomic mass is 35.5. The third-order valence-electron chi connectivity index (χ3n) is 9.42. The van der Waals surface area contributed by atoms with Crippen molar-refractivity contribution in [2.24, 2.45) is 0 Å². The number of nitrogens with zero attached hydrogens (tertiary/aromatic N) is 2. The number of piperidine rings is 1. The van der Waals surface area contributed by atoms with Gasteiger partial charge in [0.05, 0.1) is 34.0 Å². The van der Waals surface area contributed by atoms with Gasteiger partial charge < -0.3 is 19.5 Å². The normalized spacial score (nSPS) is 30.2. The Hall–Kier alpha value is -2.74. The van der Waals surface area contributed by atoms with E-state index in [1.807, 2.05) is 12.1 Å². The summed E-state index contributed by atoms with van der Waals surface area (Å²) in [6.45, 7) is 6.87. The fraction of sp³-hybridized carbons (Fsp3) is 0.467. The number of esters is 1. The Labute approximate surface area is 238 Å². The highest BCUT2D eigenvalue weighted by Crippen LogP contribution is 2.67. The van der Waals surface area contributed by atoms with E-state index in [1.54, 1.807) is 36.2 Å². The van der Waals surface area contributed by atoms with Crippen LogP contribution in [0.25, 0.3) is 0 Å². The van der Waals surface area contributed by atoms with Gasteiger partial charge in [-0.05, 0) is 55.0 Å². The van der Waals surface area contributed by atoms with Crippen LogP contribution in [0.3, 0.4) is 0 Å². The second-order valence-electron chi connectivity index (χ2n) is 11.2. The lowest BCUT2D eigenvalue weighted by molar-refractivity contribution is -0.222. The Bertz CT molecular complexity index is 1380. The van der Waals surface area contributed by atoms with Crippen molar-refractivity contribution >= 4 is 35.1 Å². The molecule has 1 amide bonds. The summed E-state index contributed by atoms with van der Waals surface area (Å²) in [5.74, 6) is 0.125. The van der Waals surface area contributed by atoms with E-state index in [0.29, 0.717) is 48.0 Å². The van der Waals surface area contributed by atoms with Crippen molar-refractivity contribution in [1.82, 2.24) is 9.80 Å². The molecule has 2 bridgehead atoms. The molecule has 5 atom stereocenters. The minimum absolute atomic E-state index is 0.0691. The van der Waals surface area contributed by atoms with E-state index in [-0.39, 0.29) is 36.1 Å². The maximum absolute atomic E-state index is 13.6. The number of aromatic hydroxyl groups is 1. The number of halogens is 2. The van der Waals surface area contributed by atoms with Crippen LogP contribution in [-0.4, -0.2) is 70.7 Å². The monoisotopic (exact) mass is 570 g/mol. The molecule has 2 aliphatic carbocycles. The van der Waals surface area contributed by atoms with Crippen LogP contribution in [-0.2, 0) is 32.6 Å². The molecular weight excluding hydrogens is 539 g/mol. The molecular formula is C30H32Cl2N2O5. The van der Waals surface area contributed by atoms with E-state index in [9.17, 15) is 14.7 Å². The zero-order valence-electron chi connectivity index (χ0n) is 22.1. The summed E-state index contributed by atoms with van der Waals surface area (Å²) in [5, 5.41) is 11.8. The van der Waals surface area contributed by atoms with Crippen LogP contribution in [0.4, 0.5) is 0 Å². The molecule has 1 saturated carbocycles. The smallest absolute Gasteiger partial charge is 0.303 e. The average molecular weight is 572 g/mol. The molecule has 39 heavy (non-hydrogen) atoms. The second-order valence-corrected chi connectivity index (χ2v) is 12.0. The molecule has 1 saturated heterocycles. The van der Waals surface area contributed by atoms with E-state index in [4.69, 9.17) is 32.7 Å². The number of phenolic OH excluding ortho intramolecular Hbond substituents is 1. The summed E-state index contributed by atoms with van der Waals surface area (Å²) in [4.78, 5) is 30.4. The number of amides is 1. The quantitative estimate of drug-likeness (QED) is 0.401. The Kier molecular flexibility index (Phi) is 6.40. The molecule has 1 spiro atoms. The second kappa shape index (κ2) is 9.43. The molecule has 2 fully saturated rings. The molecule has 0 aromatic heterocycles. The SMILES string of the molecule is C=CCN1CC[C@]23c4c5ccc(O)c4OC2C(N(C)C(=O)Cc2ccc(Cl)c(Cl)c2)CC[C@@]3(OC(C)=O)[C@H]1C5. The van der Waals surface area contributed by atoms with Gasteiger partial charge >= 0.3 is 5.97 Å². The number of carbonyl (C=O) groups excluding carboxylic acids is 2. The van der Waals surface area contributed by atoms with Crippen LogP contribution >= 0.6 is 23.2 Å². The summed E-state index contributed by atoms with van der Waals surface area (Å²) in [6, 6.07) is 8.51. The topological polar surface area (TPSA) is 79.3 Å². The van der Waals surface area contributed by atoms with Gasteiger partial charge in [-0.2, -0.15) is 0 Å². The maximum Gasteiger partial charge on any atom is 0.303 e. The maximum atomic E-state index is 13.6. The zero-order chi connectivity index (χ0) is 27.7. The lowest BCUT2D eigenvalue weighted by Crippen LogP contribution is -2.79. The van der Waals surface area contributed by atoms with Crippen molar-refractivity contribution in [3.63, 3.8) is 0 Å². The van der Waals surface area contributed by atoms with E-state index < -0.39 is 17.1 Å². The van der Waals surface area contributed by atoms with Crippen LogP contribution in [0.1, 0.15) is 42.9 Å². The fourth-order valence-corrected chi connectivity index (χ4v) is 8.27. The molecule has 206 valence electrons. The Morgan fingerprint density at radius 1 is 1.26 bits per heavy atom. The first-order valence-electron chi connectivity index (χ1n) is 13.4. The summed E-state index contributed by atoms with van der Waals surface area (Å²) in [6.07, 6.45) is 4.09. The Morgan fingerprint density at radius 2 is 2.05 bits per heavy atom. The average Bonchev–Trinajstić information content (AvgIpc) is 3.24. The molecule has 2 aromatic rings. The highest BCUT2D eigenvalue weighted by molar-refractivity contribution is 6.42. The molecule has 2 heterocycles. The molecule has 7 nitrogen and oxygen atoms in total. The molecule has 2 aromatic carbocycles. The summed E-state index contributed by atoms with van der Waals surface area (Å²) < 4.78 is 13.1. The Balaban J connectivity index is 1.43. The van der Waals surface area contributed by atoms with Gasteiger partial charge in [0.1, 0.15) is 11.7 Å². The van der Waals surface area contributed by atoms with Gasteiger partial charge in [-0.1, -0.05) is 41.4 Å². The Morgan fingerprint density at radius 3 is 2.77 bits per heavy atom. The van der Waals surface area contributed by atoms with Gasteiger partial charge in [0.25, 0.3) is 0 Å². The minimum atomic E-state index is -0.846. The largest absolute Gasteiger partial charge is 0.504 e. The van der Waals surface area contributed by atoms with Crippen LogP contribution in [0.2, 0.25) is 10.0 Å². The predicted molar refractivity (Wildman–Crippen MR) is 149 cm³/mol. The number of rotatable bonds is 6. The number of benzene rings is 2. The van der Waals surface area contributed by atoms with Crippen molar-refractivity contribution in [3.8, 4) is 11.5 Å². The minimum Gasteiger partial charge on any atom is -0.504 e. The van der Waals surface area contributed by atoms with Gasteiger partial charge in [0.2, 0.25) is 5.91 Å². The lowest BCUT2D eigenvalue weighted by Gasteiger charge is -2.65. The van der Waals surface area contributed by atoms with Gasteiger partial charge in [0.15, 0.2) is 11.5 Å². The first kappa shape index (κ1) is 26.5. The van der Waals surface area contributed by atoms with Crippen molar-refractivity contribution in [1.29, 1.82) is 0 Å². The van der Waals surface area contributed by atoms with Gasteiger partial charge in [0, 0.05) is 32.6 Å². The predicted octanol–water partition coefficient (Wildman–Crippen LogP) is 4.68. The van der Waals surface area contributed by atoms with Crippen molar-refractivity contribution in [3.05, 3.63) is 69.7 Å². The number of likely N-dealkylation sites (N-methyl/N-ethyl adjacent to an activating group) is 1. The first-order chi connectivity index (χ1) is 18.6. The number of carbonyl (C=O) groups is 2. The van der Waals surface area contributed by atoms with E-state index in [2.05, 4.69) is 11.5 Å². The standard InChI is InChI=1S/C30H32Cl2N2O5/c1-4-12-34-13-11-29-26-19-6-8-23(36)27(26)38-28(29)22(9-10-30(29,24(34)16-19)39-17(2)35)33(3)25(37)15-18-5-7-20(31)21(32)14-18/h4-8,14,22,24,28,36H,1,9-13,15-16H2,2-3H3/t22?,24-,28?,29+,30-/m1/s1. The first-order valence-corrected chi connectivity index (χ1v) is 14.1. The van der Waals surface area contributed by atoms with Gasteiger partial charge in [-0.3, -0.25) is 14.5 Å². The highest BCUT2D eigenvalue weighted by Gasteiger charge is 2.75. The third-order valence-corrected chi connectivity index (χ3v) is 10.2. The molecule has 2 aliphatic heterocycles. The lowest BCUT2D eigenvalue weighted by atomic mass is 9.48. The van der Waals surface area contributed by atoms with E-state index in [0.717, 1.165) is 23.2 Å². The van der Waals surface area contributed by atoms with Crippen LogP contribution in [0.5, 0.6) is 11.5 Å². The zero-order valence-corrected chi connectivity index (χ0v) is 23.6. The van der Waals surface area contributed by atoms with E-state index in [1.165, 1.54) is 6.92 Å². The molecule has 4 aliphatic rings. The number of hydrogen-bond donors (Lipinski definition) is 1. The van der Waals surface area contributed by atoms with Crippen molar-refractivity contribution in [2.75, 3.05) is 20.1 Å².